The van der Waals surface area contributed by atoms with E-state index in [4.69, 9.17) is 5.11 Å². The van der Waals surface area contributed by atoms with E-state index in [0.29, 0.717) is 12.5 Å². The third-order valence-corrected chi connectivity index (χ3v) is 3.67. The van der Waals surface area contributed by atoms with Gasteiger partial charge in [-0.25, -0.2) is 0 Å². The molecule has 0 amide bonds. The normalized spacial score (nSPS) is 17.8. The molecule has 0 fully saturated rings. The smallest absolute Gasteiger partial charge is 0.0897 e. The van der Waals surface area contributed by atoms with Crippen LogP contribution in [0.5, 0.6) is 0 Å². The van der Waals surface area contributed by atoms with Gasteiger partial charge in [0, 0.05) is 19.6 Å². The number of β-amino-alcohol motifs (C(OH)–C–C–N with tert-alkyl or cyclic N) is 1. The van der Waals surface area contributed by atoms with Gasteiger partial charge in [0.1, 0.15) is 0 Å². The van der Waals surface area contributed by atoms with E-state index >= 15 is 0 Å². The van der Waals surface area contributed by atoms with Crippen LogP contribution in [0.25, 0.3) is 0 Å². The summed E-state index contributed by atoms with van der Waals surface area (Å²) in [5.74, 6) is 0.550. The molecule has 1 aliphatic rings. The Labute approximate surface area is 109 Å². The van der Waals surface area contributed by atoms with Crippen LogP contribution in [0.4, 0.5) is 0 Å². The first-order valence-corrected chi connectivity index (χ1v) is 6.73. The van der Waals surface area contributed by atoms with Crippen molar-refractivity contribution in [3.63, 3.8) is 0 Å². The molecule has 0 aromatic heterocycles. The lowest BCUT2D eigenvalue weighted by molar-refractivity contribution is 0.0551. The number of aliphatic hydroxyl groups excluding tert-OH is 2. The summed E-state index contributed by atoms with van der Waals surface area (Å²) in [6, 6.07) is 6.75. The summed E-state index contributed by atoms with van der Waals surface area (Å²) in [5.41, 5.74) is 4.17. The molecule has 0 aliphatic carbocycles. The second-order valence-electron chi connectivity index (χ2n) is 5.50. The Morgan fingerprint density at radius 2 is 2.06 bits per heavy atom. The number of hydrogen-bond donors (Lipinski definition) is 2. The molecule has 1 aromatic carbocycles. The van der Waals surface area contributed by atoms with Crippen LogP contribution in [0.15, 0.2) is 18.2 Å². The van der Waals surface area contributed by atoms with E-state index < -0.39 is 6.10 Å². The lowest BCUT2D eigenvalue weighted by Gasteiger charge is -2.30. The van der Waals surface area contributed by atoms with Gasteiger partial charge in [0.2, 0.25) is 0 Å². The summed E-state index contributed by atoms with van der Waals surface area (Å²) in [6.45, 7) is 6.66. The molecule has 18 heavy (non-hydrogen) atoms. The minimum absolute atomic E-state index is 0.157. The number of aliphatic hydroxyl groups is 2. The van der Waals surface area contributed by atoms with Gasteiger partial charge in [-0.2, -0.15) is 0 Å². The van der Waals surface area contributed by atoms with Gasteiger partial charge >= 0.3 is 0 Å². The maximum absolute atomic E-state index is 9.51. The van der Waals surface area contributed by atoms with Gasteiger partial charge in [0.25, 0.3) is 0 Å². The monoisotopic (exact) mass is 249 g/mol. The van der Waals surface area contributed by atoms with E-state index in [9.17, 15) is 5.11 Å². The Morgan fingerprint density at radius 3 is 2.72 bits per heavy atom. The molecule has 3 nitrogen and oxygen atoms in total. The van der Waals surface area contributed by atoms with Crippen LogP contribution >= 0.6 is 0 Å². The van der Waals surface area contributed by atoms with Gasteiger partial charge < -0.3 is 10.2 Å². The van der Waals surface area contributed by atoms with Crippen molar-refractivity contribution < 1.29 is 10.2 Å². The van der Waals surface area contributed by atoms with Crippen molar-refractivity contribution >= 4 is 0 Å². The van der Waals surface area contributed by atoms with E-state index in [1.54, 1.807) is 0 Å². The summed E-state index contributed by atoms with van der Waals surface area (Å²) in [6.07, 6.45) is 0.408. The Bertz CT molecular complexity index is 403. The second-order valence-corrected chi connectivity index (χ2v) is 5.50. The molecule has 0 saturated carbocycles. The van der Waals surface area contributed by atoms with Gasteiger partial charge in [-0.3, -0.25) is 4.90 Å². The van der Waals surface area contributed by atoms with Gasteiger partial charge in [-0.05, 0) is 29.0 Å². The Morgan fingerprint density at radius 1 is 1.28 bits per heavy atom. The van der Waals surface area contributed by atoms with Crippen LogP contribution in [-0.4, -0.2) is 40.9 Å². The zero-order valence-electron chi connectivity index (χ0n) is 11.3. The third-order valence-electron chi connectivity index (χ3n) is 3.67. The topological polar surface area (TPSA) is 43.7 Å². The SMILES string of the molecule is CC(C)c1ccc2c(c1)CN(CC(O)CO)CC2. The Kier molecular flexibility index (Phi) is 4.38. The van der Waals surface area contributed by atoms with Crippen molar-refractivity contribution in [1.82, 2.24) is 4.90 Å². The predicted octanol–water partition coefficient (Wildman–Crippen LogP) is 1.52. The molecule has 3 heteroatoms. The van der Waals surface area contributed by atoms with Gasteiger partial charge in [-0.15, -0.1) is 0 Å². The number of rotatable bonds is 4. The fourth-order valence-corrected chi connectivity index (χ4v) is 2.51. The van der Waals surface area contributed by atoms with E-state index in [1.807, 2.05) is 0 Å². The largest absolute Gasteiger partial charge is 0.394 e. The molecule has 1 unspecified atom stereocenters. The van der Waals surface area contributed by atoms with Crippen LogP contribution in [-0.2, 0) is 13.0 Å². The molecule has 2 N–H and O–H groups in total. The molecular formula is C15H23NO2. The zero-order valence-corrected chi connectivity index (χ0v) is 11.3. The van der Waals surface area contributed by atoms with Crippen LogP contribution in [0.2, 0.25) is 0 Å². The molecule has 1 aromatic rings. The summed E-state index contributed by atoms with van der Waals surface area (Å²) >= 11 is 0. The van der Waals surface area contributed by atoms with Crippen molar-refractivity contribution in [2.24, 2.45) is 0 Å². The highest BCUT2D eigenvalue weighted by atomic mass is 16.3. The minimum atomic E-state index is -0.625. The first-order valence-electron chi connectivity index (χ1n) is 6.73. The van der Waals surface area contributed by atoms with E-state index in [1.165, 1.54) is 16.7 Å². The fraction of sp³-hybridized carbons (Fsp3) is 0.600. The maximum Gasteiger partial charge on any atom is 0.0897 e. The number of benzene rings is 1. The van der Waals surface area contributed by atoms with E-state index in [0.717, 1.165) is 19.5 Å². The highest BCUT2D eigenvalue weighted by molar-refractivity contribution is 5.35. The number of nitrogens with zero attached hydrogens (tertiary/aromatic N) is 1. The van der Waals surface area contributed by atoms with Crippen molar-refractivity contribution in [3.05, 3.63) is 34.9 Å². The summed E-state index contributed by atoms with van der Waals surface area (Å²) in [4.78, 5) is 2.22. The average Bonchev–Trinajstić information content (AvgIpc) is 2.37. The van der Waals surface area contributed by atoms with Crippen LogP contribution < -0.4 is 0 Å². The van der Waals surface area contributed by atoms with Crippen molar-refractivity contribution in [1.29, 1.82) is 0 Å². The quantitative estimate of drug-likeness (QED) is 0.850. The lowest BCUT2D eigenvalue weighted by atomic mass is 9.93. The Hall–Kier alpha value is -0.900. The predicted molar refractivity (Wildman–Crippen MR) is 72.6 cm³/mol. The molecule has 0 radical (unpaired) electrons. The highest BCUT2D eigenvalue weighted by Crippen LogP contribution is 2.24. The minimum Gasteiger partial charge on any atom is -0.394 e. The second kappa shape index (κ2) is 5.83. The van der Waals surface area contributed by atoms with Crippen LogP contribution in [0.1, 0.15) is 36.5 Å². The lowest BCUT2D eigenvalue weighted by Crippen LogP contribution is -2.37. The van der Waals surface area contributed by atoms with Crippen molar-refractivity contribution in [3.8, 4) is 0 Å². The highest BCUT2D eigenvalue weighted by Gasteiger charge is 2.18. The molecule has 0 saturated heterocycles. The number of hydrogen-bond acceptors (Lipinski definition) is 3. The van der Waals surface area contributed by atoms with Gasteiger partial charge in [-0.1, -0.05) is 32.0 Å². The van der Waals surface area contributed by atoms with Crippen LogP contribution in [0.3, 0.4) is 0 Å². The first-order chi connectivity index (χ1) is 8.60. The average molecular weight is 249 g/mol. The maximum atomic E-state index is 9.51. The molecule has 0 spiro atoms. The summed E-state index contributed by atoms with van der Waals surface area (Å²) < 4.78 is 0. The molecule has 2 rings (SSSR count). The third kappa shape index (κ3) is 3.10. The van der Waals surface area contributed by atoms with Crippen molar-refractivity contribution in [2.45, 2.75) is 38.8 Å². The van der Waals surface area contributed by atoms with E-state index in [2.05, 4.69) is 36.9 Å². The van der Waals surface area contributed by atoms with Crippen molar-refractivity contribution in [2.75, 3.05) is 19.7 Å². The summed E-state index contributed by atoms with van der Waals surface area (Å²) in [5, 5.41) is 18.4. The zero-order chi connectivity index (χ0) is 13.1. The molecule has 1 atom stereocenters. The fourth-order valence-electron chi connectivity index (χ4n) is 2.51. The van der Waals surface area contributed by atoms with Gasteiger partial charge in [0.05, 0.1) is 12.7 Å². The first kappa shape index (κ1) is 13.5. The molecule has 0 bridgehead atoms. The molecular weight excluding hydrogens is 226 g/mol. The Balaban J connectivity index is 2.09. The van der Waals surface area contributed by atoms with Gasteiger partial charge in [0.15, 0.2) is 0 Å². The summed E-state index contributed by atoms with van der Waals surface area (Å²) in [7, 11) is 0. The number of fused-ring (bicyclic) bond motifs is 1. The molecule has 100 valence electrons. The van der Waals surface area contributed by atoms with Crippen LogP contribution in [0, 0.1) is 0 Å². The van der Waals surface area contributed by atoms with E-state index in [-0.39, 0.29) is 6.61 Å². The molecule has 1 heterocycles. The standard InChI is InChI=1S/C15H23NO2/c1-11(2)13-4-3-12-5-6-16(8-14(12)7-13)9-15(18)10-17/h3-4,7,11,15,17-18H,5-6,8-10H2,1-2H3. The molecule has 1 aliphatic heterocycles.